The third kappa shape index (κ3) is 3.97. The number of rotatable bonds is 4. The second-order valence-corrected chi connectivity index (χ2v) is 5.94. The van der Waals surface area contributed by atoms with Gasteiger partial charge in [-0.2, -0.15) is 0 Å². The summed E-state index contributed by atoms with van der Waals surface area (Å²) in [5.74, 6) is -3.73. The zero-order chi connectivity index (χ0) is 19.6. The van der Waals surface area contributed by atoms with Crippen molar-refractivity contribution in [2.24, 2.45) is 0 Å². The van der Waals surface area contributed by atoms with Crippen molar-refractivity contribution < 1.29 is 27.5 Å². The second-order valence-electron chi connectivity index (χ2n) is 5.94. The van der Waals surface area contributed by atoms with E-state index in [0.717, 1.165) is 24.3 Å². The molecule has 3 rings (SSSR count). The minimum absolute atomic E-state index is 0.00425. The van der Waals surface area contributed by atoms with E-state index in [4.69, 9.17) is 4.74 Å². The van der Waals surface area contributed by atoms with Crippen molar-refractivity contribution in [3.63, 3.8) is 0 Å². The number of amides is 3. The maximum Gasteiger partial charge on any atom is 0.319 e. The predicted molar refractivity (Wildman–Crippen MR) is 91.0 cm³/mol. The minimum Gasteiger partial charge on any atom is -0.497 e. The summed E-state index contributed by atoms with van der Waals surface area (Å²) in [5, 5.41) is 7.32. The second kappa shape index (κ2) is 7.56. The van der Waals surface area contributed by atoms with Crippen LogP contribution in [0.4, 0.5) is 23.7 Å². The lowest BCUT2D eigenvalue weighted by Crippen LogP contribution is -2.45. The highest BCUT2D eigenvalue weighted by Crippen LogP contribution is 2.31. The lowest BCUT2D eigenvalue weighted by atomic mass is 9.93. The van der Waals surface area contributed by atoms with Gasteiger partial charge in [0, 0.05) is 35.8 Å². The van der Waals surface area contributed by atoms with Crippen molar-refractivity contribution in [1.82, 2.24) is 10.6 Å². The van der Waals surface area contributed by atoms with Gasteiger partial charge in [-0.3, -0.25) is 4.79 Å². The lowest BCUT2D eigenvalue weighted by Gasteiger charge is -2.20. The van der Waals surface area contributed by atoms with Gasteiger partial charge in [0.1, 0.15) is 29.2 Å². The fraction of sp³-hybridized carbons (Fsp3) is 0.222. The topological polar surface area (TPSA) is 79.5 Å². The first-order valence-electron chi connectivity index (χ1n) is 8.02. The van der Waals surface area contributed by atoms with Crippen molar-refractivity contribution in [3.05, 3.63) is 59.4 Å². The lowest BCUT2D eigenvalue weighted by molar-refractivity contribution is -0.120. The average molecular weight is 379 g/mol. The van der Waals surface area contributed by atoms with Gasteiger partial charge in [-0.25, -0.2) is 18.0 Å². The summed E-state index contributed by atoms with van der Waals surface area (Å²) in [5.41, 5.74) is -0.0214. The Morgan fingerprint density at radius 1 is 1.15 bits per heavy atom. The van der Waals surface area contributed by atoms with E-state index < -0.39 is 41.3 Å². The number of anilines is 1. The number of benzene rings is 2. The zero-order valence-corrected chi connectivity index (χ0v) is 14.2. The standard InChI is InChI=1S/C18H16F3N3O3/c1-27-11-6-13(20)15(14(21)7-11)12-8-22-17(25)16(12)24-18(26)23-10-4-2-9(19)3-5-10/h2-7,12,16H,8H2,1H3,(H,22,25)(H2,23,24,26). The molecule has 0 aromatic heterocycles. The molecule has 1 fully saturated rings. The van der Waals surface area contributed by atoms with Crippen LogP contribution in [0, 0.1) is 17.5 Å². The van der Waals surface area contributed by atoms with Crippen LogP contribution in [-0.2, 0) is 4.79 Å². The summed E-state index contributed by atoms with van der Waals surface area (Å²) in [4.78, 5) is 24.2. The maximum absolute atomic E-state index is 14.3. The molecule has 1 aliphatic heterocycles. The number of carbonyl (C=O) groups excluding carboxylic acids is 2. The Morgan fingerprint density at radius 2 is 1.78 bits per heavy atom. The van der Waals surface area contributed by atoms with E-state index in [1.165, 1.54) is 19.2 Å². The van der Waals surface area contributed by atoms with Crippen LogP contribution < -0.4 is 20.7 Å². The van der Waals surface area contributed by atoms with E-state index in [1.54, 1.807) is 0 Å². The summed E-state index contributed by atoms with van der Waals surface area (Å²) in [6.07, 6.45) is 0. The highest BCUT2D eigenvalue weighted by Gasteiger charge is 2.40. The molecule has 2 unspecified atom stereocenters. The van der Waals surface area contributed by atoms with Crippen LogP contribution in [0.25, 0.3) is 0 Å². The van der Waals surface area contributed by atoms with Gasteiger partial charge in [0.25, 0.3) is 0 Å². The van der Waals surface area contributed by atoms with Crippen molar-refractivity contribution in [2.45, 2.75) is 12.0 Å². The van der Waals surface area contributed by atoms with Crippen LogP contribution in [-0.4, -0.2) is 31.6 Å². The van der Waals surface area contributed by atoms with Crippen LogP contribution in [0.5, 0.6) is 5.75 Å². The molecule has 27 heavy (non-hydrogen) atoms. The molecule has 0 bridgehead atoms. The van der Waals surface area contributed by atoms with Crippen LogP contribution in [0.2, 0.25) is 0 Å². The molecule has 1 aliphatic rings. The van der Waals surface area contributed by atoms with E-state index >= 15 is 0 Å². The number of methoxy groups -OCH3 is 1. The summed E-state index contributed by atoms with van der Waals surface area (Å²) < 4.78 is 46.4. The van der Waals surface area contributed by atoms with Gasteiger partial charge in [0.15, 0.2) is 0 Å². The van der Waals surface area contributed by atoms with Gasteiger partial charge in [-0.15, -0.1) is 0 Å². The van der Waals surface area contributed by atoms with Gasteiger partial charge in [-0.05, 0) is 24.3 Å². The molecule has 2 atom stereocenters. The van der Waals surface area contributed by atoms with Crippen molar-refractivity contribution in [2.75, 3.05) is 19.0 Å². The molecule has 2 aromatic carbocycles. The van der Waals surface area contributed by atoms with Gasteiger partial charge in [0.05, 0.1) is 7.11 Å². The SMILES string of the molecule is COc1cc(F)c(C2CNC(=O)C2NC(=O)Nc2ccc(F)cc2)c(F)c1. The quantitative estimate of drug-likeness (QED) is 0.764. The number of halogens is 3. The third-order valence-electron chi connectivity index (χ3n) is 4.23. The predicted octanol–water partition coefficient (Wildman–Crippen LogP) is 2.52. The molecule has 1 saturated heterocycles. The van der Waals surface area contributed by atoms with E-state index in [1.807, 2.05) is 0 Å². The Bertz CT molecular complexity index is 851. The number of nitrogens with one attached hydrogen (secondary N) is 3. The van der Waals surface area contributed by atoms with Crippen molar-refractivity contribution >= 4 is 17.6 Å². The molecule has 0 spiro atoms. The van der Waals surface area contributed by atoms with Gasteiger partial charge in [-0.1, -0.05) is 0 Å². The van der Waals surface area contributed by atoms with E-state index in [0.29, 0.717) is 5.69 Å². The molecular formula is C18H16F3N3O3. The number of hydrogen-bond acceptors (Lipinski definition) is 3. The molecule has 9 heteroatoms. The number of hydrogen-bond donors (Lipinski definition) is 3. The molecule has 0 saturated carbocycles. The van der Waals surface area contributed by atoms with E-state index in [2.05, 4.69) is 16.0 Å². The van der Waals surface area contributed by atoms with Crippen LogP contribution in [0.15, 0.2) is 36.4 Å². The Kier molecular flexibility index (Phi) is 5.20. The molecule has 142 valence electrons. The van der Waals surface area contributed by atoms with Crippen molar-refractivity contribution in [3.8, 4) is 5.75 Å². The Balaban J connectivity index is 1.78. The fourth-order valence-corrected chi connectivity index (χ4v) is 2.93. The van der Waals surface area contributed by atoms with Crippen LogP contribution in [0.1, 0.15) is 11.5 Å². The Morgan fingerprint density at radius 3 is 2.37 bits per heavy atom. The normalized spacial score (nSPS) is 18.7. The summed E-state index contributed by atoms with van der Waals surface area (Å²) in [6.45, 7) is -0.0412. The van der Waals surface area contributed by atoms with Crippen LogP contribution in [0.3, 0.4) is 0 Å². The highest BCUT2D eigenvalue weighted by molar-refractivity contribution is 5.95. The Hall–Kier alpha value is -3.23. The molecule has 0 aliphatic carbocycles. The monoisotopic (exact) mass is 379 g/mol. The number of urea groups is 1. The Labute approximate surface area is 152 Å². The molecule has 3 amide bonds. The first kappa shape index (κ1) is 18.6. The average Bonchev–Trinajstić information content (AvgIpc) is 2.97. The van der Waals surface area contributed by atoms with Gasteiger partial charge in [0.2, 0.25) is 5.91 Å². The molecule has 1 heterocycles. The minimum atomic E-state index is -1.18. The summed E-state index contributed by atoms with van der Waals surface area (Å²) >= 11 is 0. The maximum atomic E-state index is 14.3. The molecular weight excluding hydrogens is 363 g/mol. The largest absolute Gasteiger partial charge is 0.497 e. The fourth-order valence-electron chi connectivity index (χ4n) is 2.93. The molecule has 6 nitrogen and oxygen atoms in total. The number of carbonyl (C=O) groups is 2. The smallest absolute Gasteiger partial charge is 0.319 e. The van der Waals surface area contributed by atoms with Crippen molar-refractivity contribution in [1.29, 1.82) is 0 Å². The van der Waals surface area contributed by atoms with Gasteiger partial charge >= 0.3 is 6.03 Å². The van der Waals surface area contributed by atoms with E-state index in [-0.39, 0.29) is 17.9 Å². The summed E-state index contributed by atoms with van der Waals surface area (Å²) in [7, 11) is 1.28. The molecule has 0 radical (unpaired) electrons. The summed E-state index contributed by atoms with van der Waals surface area (Å²) in [6, 6.07) is 5.07. The molecule has 3 N–H and O–H groups in total. The molecule has 2 aromatic rings. The first-order valence-corrected chi connectivity index (χ1v) is 8.02. The van der Waals surface area contributed by atoms with Crippen LogP contribution >= 0.6 is 0 Å². The number of ether oxygens (including phenoxy) is 1. The van der Waals surface area contributed by atoms with Gasteiger partial charge < -0.3 is 20.7 Å². The highest BCUT2D eigenvalue weighted by atomic mass is 19.1. The first-order chi connectivity index (χ1) is 12.9. The van der Waals surface area contributed by atoms with E-state index in [9.17, 15) is 22.8 Å². The third-order valence-corrected chi connectivity index (χ3v) is 4.23. The zero-order valence-electron chi connectivity index (χ0n) is 14.2.